The highest BCUT2D eigenvalue weighted by atomic mass is 16.6. The minimum absolute atomic E-state index is 0.0472. The molecule has 0 amide bonds. The van der Waals surface area contributed by atoms with E-state index in [1.165, 1.54) is 6.20 Å². The quantitative estimate of drug-likeness (QED) is 0.639. The van der Waals surface area contributed by atoms with E-state index in [2.05, 4.69) is 10.1 Å². The summed E-state index contributed by atoms with van der Waals surface area (Å²) in [5.41, 5.74) is -1.07. The highest BCUT2D eigenvalue weighted by Crippen LogP contribution is 2.25. The van der Waals surface area contributed by atoms with E-state index >= 15 is 0 Å². The Balaban J connectivity index is 2.25. The van der Waals surface area contributed by atoms with E-state index < -0.39 is 22.1 Å². The average molecular weight is 292 g/mol. The number of nitro groups is 1. The third kappa shape index (κ3) is 3.32. The van der Waals surface area contributed by atoms with Crippen LogP contribution in [0.4, 0.5) is 5.69 Å². The molecule has 9 nitrogen and oxygen atoms in total. The zero-order valence-electron chi connectivity index (χ0n) is 11.1. The maximum atomic E-state index is 11.0. The van der Waals surface area contributed by atoms with E-state index in [1.54, 1.807) is 10.9 Å². The number of carboxylic acids is 1. The fourth-order valence-corrected chi connectivity index (χ4v) is 1.67. The molecule has 2 aromatic rings. The number of hydrogen-bond acceptors (Lipinski definition) is 6. The van der Waals surface area contributed by atoms with Crippen LogP contribution in [0, 0.1) is 10.1 Å². The van der Waals surface area contributed by atoms with E-state index in [0.29, 0.717) is 5.75 Å². The molecule has 0 atom stereocenters. The van der Waals surface area contributed by atoms with Gasteiger partial charge in [-0.2, -0.15) is 5.10 Å². The van der Waals surface area contributed by atoms with Crippen LogP contribution in [0.2, 0.25) is 0 Å². The fraction of sp³-hybridized carbons (Fsp3) is 0.250. The van der Waals surface area contributed by atoms with Crippen LogP contribution in [0.3, 0.4) is 0 Å². The molecule has 0 fully saturated rings. The van der Waals surface area contributed by atoms with Gasteiger partial charge in [0, 0.05) is 12.6 Å². The van der Waals surface area contributed by atoms with Crippen molar-refractivity contribution in [2.75, 3.05) is 0 Å². The number of rotatable bonds is 6. The van der Waals surface area contributed by atoms with Crippen LogP contribution in [-0.2, 0) is 6.54 Å². The molecule has 2 aromatic heterocycles. The van der Waals surface area contributed by atoms with Crippen molar-refractivity contribution in [3.8, 4) is 11.6 Å². The van der Waals surface area contributed by atoms with E-state index in [0.717, 1.165) is 25.2 Å². The molecular weight excluding hydrogens is 280 g/mol. The second kappa shape index (κ2) is 5.99. The van der Waals surface area contributed by atoms with Crippen molar-refractivity contribution in [2.45, 2.75) is 19.9 Å². The third-order valence-corrected chi connectivity index (χ3v) is 2.57. The molecule has 0 spiro atoms. The van der Waals surface area contributed by atoms with Crippen molar-refractivity contribution < 1.29 is 19.6 Å². The van der Waals surface area contributed by atoms with Crippen LogP contribution in [0.15, 0.2) is 24.7 Å². The molecule has 2 heterocycles. The Morgan fingerprint density at radius 1 is 1.52 bits per heavy atom. The van der Waals surface area contributed by atoms with Gasteiger partial charge < -0.3 is 9.84 Å². The molecule has 110 valence electrons. The summed E-state index contributed by atoms with van der Waals surface area (Å²) in [7, 11) is 0. The summed E-state index contributed by atoms with van der Waals surface area (Å²) in [5.74, 6) is -1.09. The van der Waals surface area contributed by atoms with Gasteiger partial charge in [-0.05, 0) is 6.42 Å². The molecule has 0 bridgehead atoms. The van der Waals surface area contributed by atoms with Crippen LogP contribution in [0.5, 0.6) is 11.6 Å². The Kier molecular flexibility index (Phi) is 4.12. The molecule has 0 aliphatic carbocycles. The first-order valence-corrected chi connectivity index (χ1v) is 6.09. The zero-order valence-corrected chi connectivity index (χ0v) is 11.1. The smallest absolute Gasteiger partial charge is 0.342 e. The molecule has 0 unspecified atom stereocenters. The lowest BCUT2D eigenvalue weighted by atomic mass is 10.2. The number of hydrogen-bond donors (Lipinski definition) is 1. The van der Waals surface area contributed by atoms with E-state index in [1.807, 2.05) is 6.92 Å². The first kappa shape index (κ1) is 14.4. The molecule has 2 rings (SSSR count). The average Bonchev–Trinajstić information content (AvgIpc) is 2.86. The summed E-state index contributed by atoms with van der Waals surface area (Å²) < 4.78 is 7.02. The second-order valence-corrected chi connectivity index (χ2v) is 4.14. The number of aryl methyl sites for hydroxylation is 1. The number of aromatic carboxylic acids is 1. The highest BCUT2D eigenvalue weighted by Gasteiger charge is 2.21. The molecule has 0 aliphatic rings. The Labute approximate surface area is 118 Å². The molecule has 9 heteroatoms. The van der Waals surface area contributed by atoms with Gasteiger partial charge in [0.05, 0.1) is 17.3 Å². The maximum Gasteiger partial charge on any atom is 0.342 e. The number of carbonyl (C=O) groups is 1. The summed E-state index contributed by atoms with van der Waals surface area (Å²) >= 11 is 0. The van der Waals surface area contributed by atoms with Gasteiger partial charge >= 0.3 is 11.7 Å². The summed E-state index contributed by atoms with van der Waals surface area (Å²) in [4.78, 5) is 24.7. The molecular formula is C12H12N4O5. The molecule has 1 N–H and O–H groups in total. The molecule has 0 aliphatic heterocycles. The monoisotopic (exact) mass is 292 g/mol. The fourth-order valence-electron chi connectivity index (χ4n) is 1.67. The number of ether oxygens (including phenoxy) is 1. The topological polar surface area (TPSA) is 120 Å². The first-order valence-electron chi connectivity index (χ1n) is 6.09. The number of aromatic nitrogens is 3. The molecule has 0 radical (unpaired) electrons. The minimum Gasteiger partial charge on any atom is -0.477 e. The van der Waals surface area contributed by atoms with Crippen molar-refractivity contribution >= 4 is 11.7 Å². The van der Waals surface area contributed by atoms with E-state index in [4.69, 9.17) is 9.84 Å². The van der Waals surface area contributed by atoms with Gasteiger partial charge in [0.2, 0.25) is 5.88 Å². The van der Waals surface area contributed by atoms with E-state index in [-0.39, 0.29) is 5.88 Å². The maximum absolute atomic E-state index is 11.0. The van der Waals surface area contributed by atoms with Gasteiger partial charge in [-0.15, -0.1) is 0 Å². The van der Waals surface area contributed by atoms with Crippen LogP contribution < -0.4 is 4.74 Å². The normalized spacial score (nSPS) is 10.3. The zero-order chi connectivity index (χ0) is 15.4. The lowest BCUT2D eigenvalue weighted by molar-refractivity contribution is -0.385. The van der Waals surface area contributed by atoms with Crippen molar-refractivity contribution in [3.05, 3.63) is 40.3 Å². The predicted molar refractivity (Wildman–Crippen MR) is 70.4 cm³/mol. The van der Waals surface area contributed by atoms with Gasteiger partial charge in [-0.25, -0.2) is 9.78 Å². The Hall–Kier alpha value is -2.97. The molecule has 0 aromatic carbocycles. The number of carboxylic acid groups (broad SMARTS) is 1. The predicted octanol–water partition coefficient (Wildman–Crippen LogP) is 2.09. The van der Waals surface area contributed by atoms with Crippen LogP contribution in [0.25, 0.3) is 0 Å². The number of pyridine rings is 1. The Bertz CT molecular complexity index is 682. The van der Waals surface area contributed by atoms with Gasteiger partial charge in [-0.1, -0.05) is 6.92 Å². The summed E-state index contributed by atoms with van der Waals surface area (Å²) in [6, 6.07) is 1.01. The Morgan fingerprint density at radius 3 is 2.90 bits per heavy atom. The third-order valence-electron chi connectivity index (χ3n) is 2.57. The van der Waals surface area contributed by atoms with Crippen molar-refractivity contribution in [2.24, 2.45) is 0 Å². The number of nitrogens with zero attached hydrogens (tertiary/aromatic N) is 4. The standard InChI is InChI=1S/C12H12N4O5/c1-2-3-15-7-8(5-14-15)21-11-4-9(12(17)18)10(6-13-11)16(19)20/h4-7H,2-3H2,1H3,(H,17,18). The van der Waals surface area contributed by atoms with Gasteiger partial charge in [0.25, 0.3) is 0 Å². The van der Waals surface area contributed by atoms with Crippen LogP contribution in [-0.4, -0.2) is 30.8 Å². The van der Waals surface area contributed by atoms with Crippen molar-refractivity contribution in [3.63, 3.8) is 0 Å². The van der Waals surface area contributed by atoms with Gasteiger partial charge in [0.1, 0.15) is 11.8 Å². The summed E-state index contributed by atoms with van der Waals surface area (Å²) in [6.07, 6.45) is 4.85. The molecule has 0 saturated heterocycles. The lowest BCUT2D eigenvalue weighted by Crippen LogP contribution is -2.04. The van der Waals surface area contributed by atoms with Crippen molar-refractivity contribution in [1.29, 1.82) is 0 Å². The highest BCUT2D eigenvalue weighted by molar-refractivity contribution is 5.92. The summed E-state index contributed by atoms with van der Waals surface area (Å²) in [6.45, 7) is 2.72. The van der Waals surface area contributed by atoms with Crippen LogP contribution >= 0.6 is 0 Å². The van der Waals surface area contributed by atoms with Gasteiger partial charge in [-0.3, -0.25) is 14.8 Å². The molecule has 21 heavy (non-hydrogen) atoms. The lowest BCUT2D eigenvalue weighted by Gasteiger charge is -2.03. The van der Waals surface area contributed by atoms with E-state index in [9.17, 15) is 14.9 Å². The Morgan fingerprint density at radius 2 is 2.29 bits per heavy atom. The molecule has 0 saturated carbocycles. The van der Waals surface area contributed by atoms with Crippen molar-refractivity contribution in [1.82, 2.24) is 14.8 Å². The van der Waals surface area contributed by atoms with Crippen LogP contribution in [0.1, 0.15) is 23.7 Å². The second-order valence-electron chi connectivity index (χ2n) is 4.14. The SMILES string of the molecule is CCCn1cc(Oc2cc(C(=O)O)c([N+](=O)[O-])cn2)cn1. The minimum atomic E-state index is -1.42. The first-order chi connectivity index (χ1) is 10.0. The van der Waals surface area contributed by atoms with Gasteiger partial charge in [0.15, 0.2) is 5.75 Å². The largest absolute Gasteiger partial charge is 0.477 e. The summed E-state index contributed by atoms with van der Waals surface area (Å²) in [5, 5.41) is 23.7.